The van der Waals surface area contributed by atoms with E-state index in [1.54, 1.807) is 0 Å². The summed E-state index contributed by atoms with van der Waals surface area (Å²) in [7, 11) is 0. The van der Waals surface area contributed by atoms with E-state index in [2.05, 4.69) is 26.5 Å². The Labute approximate surface area is 70.0 Å². The first-order valence-electron chi connectivity index (χ1n) is 4.61. The van der Waals surface area contributed by atoms with Gasteiger partial charge in [0.15, 0.2) is 0 Å². The summed E-state index contributed by atoms with van der Waals surface area (Å²) < 4.78 is 0. The second kappa shape index (κ2) is 3.75. The average Bonchev–Trinajstić information content (AvgIpc) is 1.98. The SMILES string of the molecule is C=C1CCC(C)C/C1=C/CC. The Bertz CT molecular complexity index is 174. The Morgan fingerprint density at radius 2 is 2.36 bits per heavy atom. The van der Waals surface area contributed by atoms with Crippen LogP contribution >= 0.6 is 0 Å². The minimum atomic E-state index is 0.873. The van der Waals surface area contributed by atoms with Gasteiger partial charge in [-0.2, -0.15) is 0 Å². The minimum Gasteiger partial charge on any atom is -0.0956 e. The highest BCUT2D eigenvalue weighted by Gasteiger charge is 2.14. The number of rotatable bonds is 1. The molecular weight excluding hydrogens is 132 g/mol. The van der Waals surface area contributed by atoms with Gasteiger partial charge in [0.25, 0.3) is 0 Å². The topological polar surface area (TPSA) is 0 Å². The van der Waals surface area contributed by atoms with Crippen LogP contribution in [0.3, 0.4) is 0 Å². The van der Waals surface area contributed by atoms with Crippen LogP contribution < -0.4 is 0 Å². The lowest BCUT2D eigenvalue weighted by molar-refractivity contribution is 0.497. The van der Waals surface area contributed by atoms with Crippen molar-refractivity contribution in [1.29, 1.82) is 0 Å². The van der Waals surface area contributed by atoms with E-state index >= 15 is 0 Å². The summed E-state index contributed by atoms with van der Waals surface area (Å²) in [6.07, 6.45) is 7.29. The predicted molar refractivity (Wildman–Crippen MR) is 50.5 cm³/mol. The zero-order valence-electron chi connectivity index (χ0n) is 7.69. The molecule has 62 valence electrons. The lowest BCUT2D eigenvalue weighted by Crippen LogP contribution is -2.06. The van der Waals surface area contributed by atoms with Crippen LogP contribution in [0.5, 0.6) is 0 Å². The molecule has 0 saturated heterocycles. The molecule has 0 bridgehead atoms. The molecule has 1 aliphatic carbocycles. The van der Waals surface area contributed by atoms with E-state index in [-0.39, 0.29) is 0 Å². The molecular formula is C11H18. The third kappa shape index (κ3) is 2.21. The Morgan fingerprint density at radius 1 is 1.64 bits per heavy atom. The van der Waals surface area contributed by atoms with Crippen LogP contribution in [0.15, 0.2) is 23.8 Å². The fraction of sp³-hybridized carbons (Fsp3) is 0.636. The number of hydrogen-bond donors (Lipinski definition) is 0. The maximum atomic E-state index is 4.08. The van der Waals surface area contributed by atoms with Gasteiger partial charge in [0, 0.05) is 0 Å². The van der Waals surface area contributed by atoms with Crippen molar-refractivity contribution in [2.45, 2.75) is 39.5 Å². The maximum absolute atomic E-state index is 4.08. The molecule has 0 aromatic carbocycles. The second-order valence-electron chi connectivity index (χ2n) is 3.59. The van der Waals surface area contributed by atoms with Gasteiger partial charge >= 0.3 is 0 Å². The molecule has 1 saturated carbocycles. The molecule has 0 spiro atoms. The monoisotopic (exact) mass is 150 g/mol. The molecule has 0 aromatic heterocycles. The van der Waals surface area contributed by atoms with Crippen LogP contribution in [0.4, 0.5) is 0 Å². The van der Waals surface area contributed by atoms with Gasteiger partial charge in [0.05, 0.1) is 0 Å². The Kier molecular flexibility index (Phi) is 2.92. The first-order valence-corrected chi connectivity index (χ1v) is 4.61. The summed E-state index contributed by atoms with van der Waals surface area (Å²) in [6, 6.07) is 0. The van der Waals surface area contributed by atoms with Gasteiger partial charge in [0.1, 0.15) is 0 Å². The van der Waals surface area contributed by atoms with Crippen LogP contribution in [0, 0.1) is 5.92 Å². The van der Waals surface area contributed by atoms with Gasteiger partial charge in [-0.15, -0.1) is 0 Å². The van der Waals surface area contributed by atoms with Crippen molar-refractivity contribution in [3.8, 4) is 0 Å². The maximum Gasteiger partial charge on any atom is -0.0254 e. The zero-order valence-corrected chi connectivity index (χ0v) is 7.69. The number of allylic oxidation sites excluding steroid dienone is 3. The first kappa shape index (κ1) is 8.58. The summed E-state index contributed by atoms with van der Waals surface area (Å²) in [5, 5.41) is 0. The smallest absolute Gasteiger partial charge is 0.0254 e. The fourth-order valence-electron chi connectivity index (χ4n) is 1.68. The molecule has 1 rings (SSSR count). The third-order valence-corrected chi connectivity index (χ3v) is 2.41. The van der Waals surface area contributed by atoms with E-state index in [0.29, 0.717) is 0 Å². The fourth-order valence-corrected chi connectivity index (χ4v) is 1.68. The van der Waals surface area contributed by atoms with Crippen molar-refractivity contribution < 1.29 is 0 Å². The highest BCUT2D eigenvalue weighted by molar-refractivity contribution is 5.30. The quantitative estimate of drug-likeness (QED) is 0.534. The summed E-state index contributed by atoms with van der Waals surface area (Å²) in [5.74, 6) is 0.873. The minimum absolute atomic E-state index is 0.873. The summed E-state index contributed by atoms with van der Waals surface area (Å²) in [6.45, 7) is 8.60. The van der Waals surface area contributed by atoms with E-state index in [9.17, 15) is 0 Å². The van der Waals surface area contributed by atoms with Crippen molar-refractivity contribution >= 4 is 0 Å². The lowest BCUT2D eigenvalue weighted by Gasteiger charge is -2.22. The zero-order chi connectivity index (χ0) is 8.27. The molecule has 1 unspecified atom stereocenters. The predicted octanol–water partition coefficient (Wildman–Crippen LogP) is 3.70. The Balaban J connectivity index is 2.61. The van der Waals surface area contributed by atoms with E-state index in [4.69, 9.17) is 0 Å². The van der Waals surface area contributed by atoms with Crippen molar-refractivity contribution in [2.75, 3.05) is 0 Å². The molecule has 0 N–H and O–H groups in total. The van der Waals surface area contributed by atoms with Gasteiger partial charge in [-0.25, -0.2) is 0 Å². The van der Waals surface area contributed by atoms with Gasteiger partial charge < -0.3 is 0 Å². The molecule has 0 radical (unpaired) electrons. The van der Waals surface area contributed by atoms with Crippen molar-refractivity contribution in [3.63, 3.8) is 0 Å². The molecule has 0 heteroatoms. The van der Waals surface area contributed by atoms with Crippen LogP contribution in [-0.4, -0.2) is 0 Å². The van der Waals surface area contributed by atoms with E-state index in [0.717, 1.165) is 12.3 Å². The molecule has 1 fully saturated rings. The molecule has 0 amide bonds. The van der Waals surface area contributed by atoms with Crippen LogP contribution in [-0.2, 0) is 0 Å². The van der Waals surface area contributed by atoms with Crippen LogP contribution in [0.1, 0.15) is 39.5 Å². The van der Waals surface area contributed by atoms with Gasteiger partial charge in [-0.05, 0) is 37.2 Å². The second-order valence-corrected chi connectivity index (χ2v) is 3.59. The van der Waals surface area contributed by atoms with E-state index < -0.39 is 0 Å². The average molecular weight is 150 g/mol. The van der Waals surface area contributed by atoms with Crippen LogP contribution in [0.25, 0.3) is 0 Å². The van der Waals surface area contributed by atoms with Gasteiger partial charge in [-0.3, -0.25) is 0 Å². The largest absolute Gasteiger partial charge is 0.0956 e. The molecule has 11 heavy (non-hydrogen) atoms. The summed E-state index contributed by atoms with van der Waals surface area (Å²) >= 11 is 0. The first-order chi connectivity index (χ1) is 5.24. The van der Waals surface area contributed by atoms with Crippen molar-refractivity contribution in [3.05, 3.63) is 23.8 Å². The highest BCUT2D eigenvalue weighted by Crippen LogP contribution is 2.31. The number of hydrogen-bond acceptors (Lipinski definition) is 0. The standard InChI is InChI=1S/C11H18/c1-4-5-11-8-9(2)6-7-10(11)3/h5,9H,3-4,6-8H2,1-2H3/b11-5-. The molecule has 0 nitrogen and oxygen atoms in total. The third-order valence-electron chi connectivity index (χ3n) is 2.41. The summed E-state index contributed by atoms with van der Waals surface area (Å²) in [4.78, 5) is 0. The van der Waals surface area contributed by atoms with Gasteiger partial charge in [0.2, 0.25) is 0 Å². The van der Waals surface area contributed by atoms with Crippen LogP contribution in [0.2, 0.25) is 0 Å². The Hall–Kier alpha value is -0.520. The normalized spacial score (nSPS) is 29.5. The molecule has 1 aliphatic rings. The van der Waals surface area contributed by atoms with E-state index in [1.807, 2.05) is 0 Å². The molecule has 0 aliphatic heterocycles. The van der Waals surface area contributed by atoms with E-state index in [1.165, 1.54) is 30.4 Å². The highest BCUT2D eigenvalue weighted by atomic mass is 14.2. The molecule has 1 atom stereocenters. The van der Waals surface area contributed by atoms with Gasteiger partial charge in [-0.1, -0.05) is 32.1 Å². The lowest BCUT2D eigenvalue weighted by atomic mass is 9.83. The Morgan fingerprint density at radius 3 is 3.00 bits per heavy atom. The molecule has 0 aromatic rings. The van der Waals surface area contributed by atoms with Crippen molar-refractivity contribution in [2.24, 2.45) is 5.92 Å². The summed E-state index contributed by atoms with van der Waals surface area (Å²) in [5.41, 5.74) is 2.90. The van der Waals surface area contributed by atoms with Crippen molar-refractivity contribution in [1.82, 2.24) is 0 Å². The molecule has 0 heterocycles.